The minimum Gasteiger partial charge on any atom is -0.326 e. The van der Waals surface area contributed by atoms with Crippen molar-refractivity contribution in [3.63, 3.8) is 0 Å². The summed E-state index contributed by atoms with van der Waals surface area (Å²) >= 11 is 0. The number of hydrogen-bond donors (Lipinski definition) is 2. The molecule has 0 unspecified atom stereocenters. The molecule has 0 aromatic heterocycles. The molecule has 2 aliphatic rings. The summed E-state index contributed by atoms with van der Waals surface area (Å²) in [5, 5.41) is 6.46. The van der Waals surface area contributed by atoms with Gasteiger partial charge in [0.15, 0.2) is 0 Å². The highest BCUT2D eigenvalue weighted by Gasteiger charge is 2.21. The molecule has 0 bridgehead atoms. The number of hydrogen-bond acceptors (Lipinski definition) is 2. The molecule has 3 rings (SSSR count). The van der Waals surface area contributed by atoms with Gasteiger partial charge >= 0.3 is 0 Å². The van der Waals surface area contributed by atoms with Crippen molar-refractivity contribution in [3.05, 3.63) is 29.3 Å². The van der Waals surface area contributed by atoms with E-state index in [-0.39, 0.29) is 5.91 Å². The largest absolute Gasteiger partial charge is 0.326 e. The lowest BCUT2D eigenvalue weighted by Gasteiger charge is -2.25. The van der Waals surface area contributed by atoms with Crippen molar-refractivity contribution in [2.75, 3.05) is 11.9 Å². The maximum absolute atomic E-state index is 12.0. The lowest BCUT2D eigenvalue weighted by molar-refractivity contribution is -0.117. The molecule has 1 saturated carbocycles. The molecule has 1 aromatic carbocycles. The SMILES string of the molecule is O=C(CC1CCC1)Nc1cccc2c1CNCC2. The summed E-state index contributed by atoms with van der Waals surface area (Å²) in [6.45, 7) is 1.90. The second kappa shape index (κ2) is 5.11. The number of nitrogens with one attached hydrogen (secondary N) is 2. The van der Waals surface area contributed by atoms with Crippen molar-refractivity contribution in [2.24, 2.45) is 5.92 Å². The fourth-order valence-electron chi connectivity index (χ4n) is 2.79. The van der Waals surface area contributed by atoms with Crippen LogP contribution >= 0.6 is 0 Å². The van der Waals surface area contributed by atoms with Gasteiger partial charge in [0.25, 0.3) is 0 Å². The van der Waals surface area contributed by atoms with Crippen molar-refractivity contribution in [1.29, 1.82) is 0 Å². The molecule has 18 heavy (non-hydrogen) atoms. The highest BCUT2D eigenvalue weighted by Crippen LogP contribution is 2.30. The minimum absolute atomic E-state index is 0.179. The molecule has 1 fully saturated rings. The lowest BCUT2D eigenvalue weighted by atomic mass is 9.83. The molecule has 1 aliphatic heterocycles. The number of benzene rings is 1. The molecule has 1 aliphatic carbocycles. The quantitative estimate of drug-likeness (QED) is 0.857. The molecule has 1 heterocycles. The number of fused-ring (bicyclic) bond motifs is 1. The third-order valence-electron chi connectivity index (χ3n) is 4.12. The Morgan fingerprint density at radius 2 is 2.28 bits per heavy atom. The fraction of sp³-hybridized carbons (Fsp3) is 0.533. The fourth-order valence-corrected chi connectivity index (χ4v) is 2.79. The van der Waals surface area contributed by atoms with Crippen LogP contribution in [0.3, 0.4) is 0 Å². The minimum atomic E-state index is 0.179. The standard InChI is InChI=1S/C15H20N2O/c18-15(9-11-3-1-4-11)17-14-6-2-5-12-7-8-16-10-13(12)14/h2,5-6,11,16H,1,3-4,7-10H2,(H,17,18). The maximum Gasteiger partial charge on any atom is 0.224 e. The first-order chi connectivity index (χ1) is 8.83. The molecule has 0 atom stereocenters. The van der Waals surface area contributed by atoms with E-state index >= 15 is 0 Å². The molecule has 1 aromatic rings. The molecular weight excluding hydrogens is 224 g/mol. The normalized spacial score (nSPS) is 18.9. The Balaban J connectivity index is 1.69. The third kappa shape index (κ3) is 2.41. The van der Waals surface area contributed by atoms with Crippen LogP contribution < -0.4 is 10.6 Å². The van der Waals surface area contributed by atoms with Crippen LogP contribution in [0.2, 0.25) is 0 Å². The first kappa shape index (κ1) is 11.7. The second-order valence-corrected chi connectivity index (χ2v) is 5.42. The van der Waals surface area contributed by atoms with Gasteiger partial charge in [-0.3, -0.25) is 4.79 Å². The molecule has 1 amide bonds. The average Bonchev–Trinajstić information content (AvgIpc) is 2.34. The van der Waals surface area contributed by atoms with Crippen molar-refractivity contribution in [2.45, 2.75) is 38.6 Å². The molecule has 0 saturated heterocycles. The Morgan fingerprint density at radius 1 is 1.39 bits per heavy atom. The number of carbonyl (C=O) groups is 1. The maximum atomic E-state index is 12.0. The monoisotopic (exact) mass is 244 g/mol. The first-order valence-corrected chi connectivity index (χ1v) is 6.94. The highest BCUT2D eigenvalue weighted by molar-refractivity contribution is 5.92. The van der Waals surface area contributed by atoms with Gasteiger partial charge in [0.2, 0.25) is 5.91 Å². The van der Waals surface area contributed by atoms with Gasteiger partial charge in [0.1, 0.15) is 0 Å². The first-order valence-electron chi connectivity index (χ1n) is 6.94. The Kier molecular flexibility index (Phi) is 3.33. The van der Waals surface area contributed by atoms with E-state index in [2.05, 4.69) is 16.7 Å². The van der Waals surface area contributed by atoms with E-state index in [1.807, 2.05) is 12.1 Å². The van der Waals surface area contributed by atoms with E-state index < -0.39 is 0 Å². The predicted molar refractivity (Wildman–Crippen MR) is 72.4 cm³/mol. The van der Waals surface area contributed by atoms with E-state index in [0.29, 0.717) is 12.3 Å². The smallest absolute Gasteiger partial charge is 0.224 e. The van der Waals surface area contributed by atoms with Gasteiger partial charge in [0, 0.05) is 18.7 Å². The number of amides is 1. The van der Waals surface area contributed by atoms with E-state index in [4.69, 9.17) is 0 Å². The van der Waals surface area contributed by atoms with Crippen LogP contribution in [0.25, 0.3) is 0 Å². The summed E-state index contributed by atoms with van der Waals surface area (Å²) in [4.78, 5) is 12.0. The predicted octanol–water partition coefficient (Wildman–Crippen LogP) is 2.46. The Bertz CT molecular complexity index is 452. The van der Waals surface area contributed by atoms with E-state index in [1.54, 1.807) is 0 Å². The zero-order valence-corrected chi connectivity index (χ0v) is 10.7. The van der Waals surface area contributed by atoms with E-state index in [9.17, 15) is 4.79 Å². The molecule has 2 N–H and O–H groups in total. The molecular formula is C15H20N2O. The van der Waals surface area contributed by atoms with Crippen molar-refractivity contribution in [1.82, 2.24) is 5.32 Å². The third-order valence-corrected chi connectivity index (χ3v) is 4.12. The Labute approximate surface area is 108 Å². The average molecular weight is 244 g/mol. The molecule has 3 heteroatoms. The summed E-state index contributed by atoms with van der Waals surface area (Å²) in [6, 6.07) is 6.23. The molecule has 3 nitrogen and oxygen atoms in total. The molecule has 0 spiro atoms. The Morgan fingerprint density at radius 3 is 3.06 bits per heavy atom. The van der Waals surface area contributed by atoms with Gasteiger partial charge in [-0.1, -0.05) is 18.6 Å². The molecule has 0 radical (unpaired) electrons. The van der Waals surface area contributed by atoms with Crippen molar-refractivity contribution in [3.8, 4) is 0 Å². The van der Waals surface area contributed by atoms with E-state index in [0.717, 1.165) is 25.2 Å². The summed E-state index contributed by atoms with van der Waals surface area (Å²) in [7, 11) is 0. The highest BCUT2D eigenvalue weighted by atomic mass is 16.1. The summed E-state index contributed by atoms with van der Waals surface area (Å²) in [5.74, 6) is 0.807. The van der Waals surface area contributed by atoms with Crippen LogP contribution in [0.4, 0.5) is 5.69 Å². The number of anilines is 1. The molecule has 96 valence electrons. The van der Waals surface area contributed by atoms with Crippen LogP contribution in [0.15, 0.2) is 18.2 Å². The van der Waals surface area contributed by atoms with Crippen molar-refractivity contribution >= 4 is 11.6 Å². The van der Waals surface area contributed by atoms with Gasteiger partial charge in [-0.15, -0.1) is 0 Å². The zero-order chi connectivity index (χ0) is 12.4. The number of carbonyl (C=O) groups excluding carboxylic acids is 1. The van der Waals surface area contributed by atoms with Gasteiger partial charge in [0.05, 0.1) is 0 Å². The van der Waals surface area contributed by atoms with Crippen LogP contribution in [0.1, 0.15) is 36.8 Å². The van der Waals surface area contributed by atoms with Crippen LogP contribution in [0, 0.1) is 5.92 Å². The van der Waals surface area contributed by atoms with Crippen LogP contribution in [0.5, 0.6) is 0 Å². The van der Waals surface area contributed by atoms with Crippen molar-refractivity contribution < 1.29 is 4.79 Å². The van der Waals surface area contributed by atoms with Gasteiger partial charge in [-0.25, -0.2) is 0 Å². The second-order valence-electron chi connectivity index (χ2n) is 5.42. The van der Waals surface area contributed by atoms with Crippen LogP contribution in [-0.4, -0.2) is 12.5 Å². The summed E-state index contributed by atoms with van der Waals surface area (Å²) in [6.07, 6.45) is 5.49. The summed E-state index contributed by atoms with van der Waals surface area (Å²) in [5.41, 5.74) is 3.64. The van der Waals surface area contributed by atoms with Gasteiger partial charge in [-0.2, -0.15) is 0 Å². The summed E-state index contributed by atoms with van der Waals surface area (Å²) < 4.78 is 0. The van der Waals surface area contributed by atoms with Crippen LogP contribution in [-0.2, 0) is 17.8 Å². The lowest BCUT2D eigenvalue weighted by Crippen LogP contribution is -2.26. The zero-order valence-electron chi connectivity index (χ0n) is 10.7. The number of rotatable bonds is 3. The Hall–Kier alpha value is -1.35. The topological polar surface area (TPSA) is 41.1 Å². The van der Waals surface area contributed by atoms with Gasteiger partial charge in [-0.05, 0) is 48.9 Å². The van der Waals surface area contributed by atoms with Gasteiger partial charge < -0.3 is 10.6 Å². The van der Waals surface area contributed by atoms with E-state index in [1.165, 1.54) is 30.4 Å².